The quantitative estimate of drug-likeness (QED) is 0.762. The Morgan fingerprint density at radius 1 is 1.32 bits per heavy atom. The second kappa shape index (κ2) is 8.73. The predicted octanol–water partition coefficient (Wildman–Crippen LogP) is 2.84. The lowest BCUT2D eigenvalue weighted by molar-refractivity contribution is 0.0474. The van der Waals surface area contributed by atoms with Gasteiger partial charge in [-0.2, -0.15) is 0 Å². The van der Waals surface area contributed by atoms with Gasteiger partial charge in [0.1, 0.15) is 0 Å². The van der Waals surface area contributed by atoms with E-state index in [-0.39, 0.29) is 12.6 Å². The Morgan fingerprint density at radius 2 is 2.14 bits per heavy atom. The molecule has 1 heterocycles. The van der Waals surface area contributed by atoms with Gasteiger partial charge in [0, 0.05) is 25.3 Å². The molecule has 5 heteroatoms. The number of para-hydroxylation sites is 1. The number of anilines is 1. The fourth-order valence-electron chi connectivity index (χ4n) is 2.75. The number of nitrogens with one attached hydrogen (secondary N) is 1. The number of halogens is 1. The zero-order valence-electron chi connectivity index (χ0n) is 12.9. The third-order valence-corrected chi connectivity index (χ3v) is 3.97. The van der Waals surface area contributed by atoms with Crippen LogP contribution < -0.4 is 5.32 Å². The minimum absolute atomic E-state index is 0.0365. The number of likely N-dealkylation sites (tertiary alicyclic amines) is 1. The summed E-state index contributed by atoms with van der Waals surface area (Å²) in [5, 5.41) is 13.0. The standard InChI is InChI=1S/C17H25FN2O2/c18-10-4-1-5-11-19-16-9-3-2-8-15(16)17(22)20-12-6-7-14(21)13-20/h2-3,8-9,14,19,21H,1,4-7,10-13H2. The van der Waals surface area contributed by atoms with Crippen molar-refractivity contribution in [3.05, 3.63) is 29.8 Å². The van der Waals surface area contributed by atoms with E-state index in [1.54, 1.807) is 4.90 Å². The summed E-state index contributed by atoms with van der Waals surface area (Å²) >= 11 is 0. The summed E-state index contributed by atoms with van der Waals surface area (Å²) in [6.45, 7) is 1.56. The highest BCUT2D eigenvalue weighted by molar-refractivity contribution is 5.99. The van der Waals surface area contributed by atoms with E-state index in [1.807, 2.05) is 24.3 Å². The number of carbonyl (C=O) groups excluding carboxylic acids is 1. The lowest BCUT2D eigenvalue weighted by atomic mass is 10.1. The maximum absolute atomic E-state index is 12.6. The van der Waals surface area contributed by atoms with Gasteiger partial charge < -0.3 is 15.3 Å². The first-order valence-corrected chi connectivity index (χ1v) is 8.08. The normalized spacial score (nSPS) is 18.3. The van der Waals surface area contributed by atoms with Gasteiger partial charge in [0.15, 0.2) is 0 Å². The number of carbonyl (C=O) groups is 1. The molecule has 0 saturated carbocycles. The number of alkyl halides is 1. The molecule has 1 fully saturated rings. The average Bonchev–Trinajstić information content (AvgIpc) is 2.54. The van der Waals surface area contributed by atoms with Crippen LogP contribution in [0.1, 0.15) is 42.5 Å². The average molecular weight is 308 g/mol. The van der Waals surface area contributed by atoms with Crippen molar-refractivity contribution < 1.29 is 14.3 Å². The highest BCUT2D eigenvalue weighted by Gasteiger charge is 2.24. The fourth-order valence-corrected chi connectivity index (χ4v) is 2.75. The van der Waals surface area contributed by atoms with E-state index >= 15 is 0 Å². The number of β-amino-alcohol motifs (C(OH)–C–C–N with tert-alkyl or cyclic N) is 1. The summed E-state index contributed by atoms with van der Waals surface area (Å²) in [6, 6.07) is 7.45. The number of amides is 1. The maximum Gasteiger partial charge on any atom is 0.256 e. The predicted molar refractivity (Wildman–Crippen MR) is 85.9 cm³/mol. The molecule has 0 bridgehead atoms. The number of hydrogen-bond donors (Lipinski definition) is 2. The molecule has 4 nitrogen and oxygen atoms in total. The molecule has 1 saturated heterocycles. The van der Waals surface area contributed by atoms with Gasteiger partial charge in [-0.05, 0) is 44.2 Å². The van der Waals surface area contributed by atoms with Crippen molar-refractivity contribution in [3.8, 4) is 0 Å². The summed E-state index contributed by atoms with van der Waals surface area (Å²) in [7, 11) is 0. The van der Waals surface area contributed by atoms with Crippen molar-refractivity contribution in [1.29, 1.82) is 0 Å². The monoisotopic (exact) mass is 308 g/mol. The van der Waals surface area contributed by atoms with Crippen LogP contribution in [0.4, 0.5) is 10.1 Å². The molecule has 1 aliphatic heterocycles. The summed E-state index contributed by atoms with van der Waals surface area (Å²) < 4.78 is 12.1. The molecule has 0 radical (unpaired) electrons. The van der Waals surface area contributed by atoms with Gasteiger partial charge in [-0.3, -0.25) is 9.18 Å². The fraction of sp³-hybridized carbons (Fsp3) is 0.588. The van der Waals surface area contributed by atoms with Gasteiger partial charge >= 0.3 is 0 Å². The van der Waals surface area contributed by atoms with Crippen LogP contribution in [0.2, 0.25) is 0 Å². The third-order valence-electron chi connectivity index (χ3n) is 3.97. The summed E-state index contributed by atoms with van der Waals surface area (Å²) in [5.41, 5.74) is 1.45. The Bertz CT molecular complexity index is 481. The first kappa shape index (κ1) is 16.7. The lowest BCUT2D eigenvalue weighted by Crippen LogP contribution is -2.42. The second-order valence-corrected chi connectivity index (χ2v) is 5.77. The molecule has 0 spiro atoms. The van der Waals surface area contributed by atoms with E-state index in [0.29, 0.717) is 25.1 Å². The molecule has 1 amide bonds. The molecular weight excluding hydrogens is 283 g/mol. The maximum atomic E-state index is 12.6. The van der Waals surface area contributed by atoms with Crippen LogP contribution in [0.15, 0.2) is 24.3 Å². The lowest BCUT2D eigenvalue weighted by Gasteiger charge is -2.30. The molecule has 0 aromatic heterocycles. The zero-order valence-corrected chi connectivity index (χ0v) is 12.9. The molecule has 22 heavy (non-hydrogen) atoms. The van der Waals surface area contributed by atoms with Crippen molar-refractivity contribution in [2.45, 2.75) is 38.2 Å². The number of piperidine rings is 1. The van der Waals surface area contributed by atoms with Crippen molar-refractivity contribution in [3.63, 3.8) is 0 Å². The van der Waals surface area contributed by atoms with Gasteiger partial charge in [-0.15, -0.1) is 0 Å². The van der Waals surface area contributed by atoms with Crippen molar-refractivity contribution >= 4 is 11.6 Å². The second-order valence-electron chi connectivity index (χ2n) is 5.77. The number of nitrogens with zero attached hydrogens (tertiary/aromatic N) is 1. The van der Waals surface area contributed by atoms with E-state index in [9.17, 15) is 14.3 Å². The molecule has 1 aliphatic rings. The van der Waals surface area contributed by atoms with Crippen LogP contribution in [-0.4, -0.2) is 48.3 Å². The van der Waals surface area contributed by atoms with Crippen LogP contribution in [0.3, 0.4) is 0 Å². The Morgan fingerprint density at radius 3 is 2.91 bits per heavy atom. The highest BCUT2D eigenvalue weighted by Crippen LogP contribution is 2.20. The minimum atomic E-state index is -0.418. The molecule has 1 atom stereocenters. The number of aliphatic hydroxyl groups is 1. The van der Waals surface area contributed by atoms with Crippen LogP contribution in [0.25, 0.3) is 0 Å². The minimum Gasteiger partial charge on any atom is -0.391 e. The van der Waals surface area contributed by atoms with Crippen LogP contribution in [0, 0.1) is 0 Å². The van der Waals surface area contributed by atoms with Crippen molar-refractivity contribution in [2.24, 2.45) is 0 Å². The largest absolute Gasteiger partial charge is 0.391 e. The summed E-state index contributed by atoms with van der Waals surface area (Å²) in [4.78, 5) is 14.3. The highest BCUT2D eigenvalue weighted by atomic mass is 19.1. The SMILES string of the molecule is O=C(c1ccccc1NCCCCCF)N1CCCC(O)C1. The molecule has 1 aromatic carbocycles. The topological polar surface area (TPSA) is 52.6 Å². The third kappa shape index (κ3) is 4.70. The van der Waals surface area contributed by atoms with Gasteiger partial charge in [0.05, 0.1) is 18.3 Å². The molecule has 1 aromatic rings. The molecule has 0 aliphatic carbocycles. The molecule has 2 rings (SSSR count). The van der Waals surface area contributed by atoms with Gasteiger partial charge in [0.2, 0.25) is 0 Å². The van der Waals surface area contributed by atoms with Crippen molar-refractivity contribution in [1.82, 2.24) is 4.90 Å². The first-order valence-electron chi connectivity index (χ1n) is 8.08. The number of aliphatic hydroxyl groups excluding tert-OH is 1. The van der Waals surface area contributed by atoms with Crippen molar-refractivity contribution in [2.75, 3.05) is 31.6 Å². The number of benzene rings is 1. The van der Waals surface area contributed by atoms with Crippen LogP contribution in [0.5, 0.6) is 0 Å². The summed E-state index contributed by atoms with van der Waals surface area (Å²) in [6.07, 6.45) is 3.50. The Kier molecular flexibility index (Phi) is 6.65. The number of hydrogen-bond acceptors (Lipinski definition) is 3. The molecule has 122 valence electrons. The van der Waals surface area contributed by atoms with Gasteiger partial charge in [0.25, 0.3) is 5.91 Å². The van der Waals surface area contributed by atoms with Crippen LogP contribution >= 0.6 is 0 Å². The summed E-state index contributed by atoms with van der Waals surface area (Å²) in [5.74, 6) is -0.0365. The number of rotatable bonds is 7. The smallest absolute Gasteiger partial charge is 0.256 e. The van der Waals surface area contributed by atoms with Gasteiger partial charge in [-0.25, -0.2) is 0 Å². The van der Waals surface area contributed by atoms with E-state index in [2.05, 4.69) is 5.32 Å². The van der Waals surface area contributed by atoms with E-state index in [1.165, 1.54) is 0 Å². The molecular formula is C17H25FN2O2. The van der Waals surface area contributed by atoms with Gasteiger partial charge in [-0.1, -0.05) is 12.1 Å². The Labute approximate surface area is 131 Å². The van der Waals surface area contributed by atoms with Crippen LogP contribution in [-0.2, 0) is 0 Å². The Balaban J connectivity index is 1.96. The first-order chi connectivity index (χ1) is 10.7. The molecule has 2 N–H and O–H groups in total. The zero-order chi connectivity index (χ0) is 15.8. The van der Waals surface area contributed by atoms with E-state index < -0.39 is 6.10 Å². The van der Waals surface area contributed by atoms with E-state index in [4.69, 9.17) is 0 Å². The number of unbranched alkanes of at least 4 members (excludes halogenated alkanes) is 2. The van der Waals surface area contributed by atoms with E-state index in [0.717, 1.165) is 37.9 Å². The molecule has 1 unspecified atom stereocenters. The Hall–Kier alpha value is -1.62.